The lowest BCUT2D eigenvalue weighted by Crippen LogP contribution is -2.32. The van der Waals surface area contributed by atoms with Crippen LogP contribution in [0.25, 0.3) is 0 Å². The minimum Gasteiger partial charge on any atom is -0.465 e. The Morgan fingerprint density at radius 3 is 2.78 bits per heavy atom. The maximum atomic E-state index is 11.3. The summed E-state index contributed by atoms with van der Waals surface area (Å²) in [4.78, 5) is 15.8. The number of anilines is 1. The van der Waals surface area contributed by atoms with E-state index in [4.69, 9.17) is 0 Å². The van der Waals surface area contributed by atoms with Gasteiger partial charge in [-0.05, 0) is 12.8 Å². The highest BCUT2D eigenvalue weighted by Crippen LogP contribution is 2.22. The maximum Gasteiger partial charge on any atom is 0.349 e. The van der Waals surface area contributed by atoms with Crippen LogP contribution in [0.3, 0.4) is 0 Å². The fourth-order valence-electron chi connectivity index (χ4n) is 1.74. The van der Waals surface area contributed by atoms with Crippen LogP contribution < -0.4 is 5.32 Å². The van der Waals surface area contributed by atoms with E-state index in [9.17, 15) is 13.2 Å². The third kappa shape index (κ3) is 3.20. The van der Waals surface area contributed by atoms with Gasteiger partial charge < -0.3 is 10.1 Å². The number of esters is 1. The molecule has 0 amide bonds. The van der Waals surface area contributed by atoms with Gasteiger partial charge in [-0.2, -0.15) is 0 Å². The Balaban J connectivity index is 1.94. The van der Waals surface area contributed by atoms with E-state index >= 15 is 0 Å². The molecule has 0 spiro atoms. The van der Waals surface area contributed by atoms with Crippen LogP contribution in [0.5, 0.6) is 0 Å². The number of rotatable bonds is 3. The monoisotopic (exact) mass is 290 g/mol. The molecule has 1 N–H and O–H groups in total. The molecule has 0 unspecified atom stereocenters. The molecule has 1 aromatic rings. The van der Waals surface area contributed by atoms with Crippen molar-refractivity contribution in [2.75, 3.05) is 23.9 Å². The molecule has 0 bridgehead atoms. The molecule has 1 aromatic heterocycles. The predicted octanol–water partition coefficient (Wildman–Crippen LogP) is 0.919. The van der Waals surface area contributed by atoms with Crippen LogP contribution in [0.4, 0.5) is 5.13 Å². The summed E-state index contributed by atoms with van der Waals surface area (Å²) >= 11 is 1.21. The van der Waals surface area contributed by atoms with E-state index in [1.165, 1.54) is 24.6 Å². The lowest BCUT2D eigenvalue weighted by molar-refractivity contribution is 0.0606. The minimum absolute atomic E-state index is 0.102. The topological polar surface area (TPSA) is 85.4 Å². The number of hydrogen-bond acceptors (Lipinski definition) is 7. The SMILES string of the molecule is COC(=O)c1cnc(NC2CCS(=O)(=O)CC2)s1. The first-order valence-electron chi connectivity index (χ1n) is 5.51. The summed E-state index contributed by atoms with van der Waals surface area (Å²) in [6, 6.07) is 0.102. The summed E-state index contributed by atoms with van der Waals surface area (Å²) in [7, 11) is -1.53. The molecule has 1 aliphatic rings. The molecule has 0 aliphatic carbocycles. The van der Waals surface area contributed by atoms with Gasteiger partial charge >= 0.3 is 5.97 Å². The molecule has 8 heteroatoms. The van der Waals surface area contributed by atoms with Crippen molar-refractivity contribution in [2.24, 2.45) is 0 Å². The average Bonchev–Trinajstić information content (AvgIpc) is 2.79. The number of methoxy groups -OCH3 is 1. The molecule has 2 rings (SSSR count). The number of ether oxygens (including phenoxy) is 1. The van der Waals surface area contributed by atoms with Crippen LogP contribution in [0.2, 0.25) is 0 Å². The number of carbonyl (C=O) groups is 1. The van der Waals surface area contributed by atoms with Crippen molar-refractivity contribution < 1.29 is 17.9 Å². The molecule has 18 heavy (non-hydrogen) atoms. The van der Waals surface area contributed by atoms with Gasteiger partial charge in [-0.25, -0.2) is 18.2 Å². The number of nitrogens with zero attached hydrogens (tertiary/aromatic N) is 1. The van der Waals surface area contributed by atoms with E-state index in [1.54, 1.807) is 0 Å². The van der Waals surface area contributed by atoms with Gasteiger partial charge in [-0.15, -0.1) is 0 Å². The molecule has 0 radical (unpaired) electrons. The number of sulfone groups is 1. The Bertz CT molecular complexity index is 524. The van der Waals surface area contributed by atoms with Crippen LogP contribution in [-0.2, 0) is 14.6 Å². The van der Waals surface area contributed by atoms with Crippen molar-refractivity contribution in [3.63, 3.8) is 0 Å². The van der Waals surface area contributed by atoms with Crippen LogP contribution in [-0.4, -0.2) is 44.0 Å². The van der Waals surface area contributed by atoms with Gasteiger partial charge in [0.15, 0.2) is 5.13 Å². The quantitative estimate of drug-likeness (QED) is 0.833. The first-order valence-corrected chi connectivity index (χ1v) is 8.15. The van der Waals surface area contributed by atoms with Gasteiger partial charge in [-0.1, -0.05) is 11.3 Å². The molecular formula is C10H14N2O4S2. The van der Waals surface area contributed by atoms with Crippen molar-refractivity contribution in [3.05, 3.63) is 11.1 Å². The first kappa shape index (κ1) is 13.3. The molecule has 1 aliphatic heterocycles. The Hall–Kier alpha value is -1.15. The lowest BCUT2D eigenvalue weighted by atomic mass is 10.2. The van der Waals surface area contributed by atoms with Crippen molar-refractivity contribution >= 4 is 32.3 Å². The molecule has 0 saturated carbocycles. The van der Waals surface area contributed by atoms with E-state index < -0.39 is 15.8 Å². The standard InChI is InChI=1S/C10H14N2O4S2/c1-16-9(13)8-6-11-10(17-8)12-7-2-4-18(14,15)5-3-7/h6-7H,2-5H2,1H3,(H,11,12). The number of thiazole rings is 1. The molecule has 6 nitrogen and oxygen atoms in total. The molecule has 2 heterocycles. The average molecular weight is 290 g/mol. The van der Waals surface area contributed by atoms with Crippen LogP contribution >= 0.6 is 11.3 Å². The molecule has 0 atom stereocenters. The van der Waals surface area contributed by atoms with E-state index in [-0.39, 0.29) is 17.5 Å². The third-order valence-electron chi connectivity index (χ3n) is 2.77. The maximum absolute atomic E-state index is 11.3. The minimum atomic E-state index is -2.85. The van der Waals surface area contributed by atoms with Crippen molar-refractivity contribution in [1.29, 1.82) is 0 Å². The second-order valence-electron chi connectivity index (χ2n) is 4.09. The number of aromatic nitrogens is 1. The summed E-state index contributed by atoms with van der Waals surface area (Å²) in [5.41, 5.74) is 0. The summed E-state index contributed by atoms with van der Waals surface area (Å²) < 4.78 is 27.1. The predicted molar refractivity (Wildman–Crippen MR) is 68.8 cm³/mol. The van der Waals surface area contributed by atoms with Gasteiger partial charge in [0.05, 0.1) is 24.8 Å². The van der Waals surface area contributed by atoms with Crippen molar-refractivity contribution in [2.45, 2.75) is 18.9 Å². The Kier molecular flexibility index (Phi) is 3.86. The van der Waals surface area contributed by atoms with E-state index in [0.29, 0.717) is 22.9 Å². The summed E-state index contributed by atoms with van der Waals surface area (Å²) in [6.07, 6.45) is 2.61. The Morgan fingerprint density at radius 1 is 1.50 bits per heavy atom. The second kappa shape index (κ2) is 5.23. The van der Waals surface area contributed by atoms with Gasteiger partial charge in [0.1, 0.15) is 14.7 Å². The van der Waals surface area contributed by atoms with Gasteiger partial charge in [0.25, 0.3) is 0 Å². The van der Waals surface area contributed by atoms with Gasteiger partial charge in [-0.3, -0.25) is 0 Å². The first-order chi connectivity index (χ1) is 8.50. The van der Waals surface area contributed by atoms with Gasteiger partial charge in [0.2, 0.25) is 0 Å². The Labute approximate surface area is 109 Å². The zero-order valence-corrected chi connectivity index (χ0v) is 11.5. The normalized spacial score (nSPS) is 19.4. The van der Waals surface area contributed by atoms with E-state index in [0.717, 1.165) is 0 Å². The highest BCUT2D eigenvalue weighted by atomic mass is 32.2. The third-order valence-corrected chi connectivity index (χ3v) is 5.40. The summed E-state index contributed by atoms with van der Waals surface area (Å²) in [6.45, 7) is 0. The highest BCUT2D eigenvalue weighted by molar-refractivity contribution is 7.91. The number of carbonyl (C=O) groups excluding carboxylic acids is 1. The fraction of sp³-hybridized carbons (Fsp3) is 0.600. The largest absolute Gasteiger partial charge is 0.465 e. The van der Waals surface area contributed by atoms with Crippen molar-refractivity contribution in [1.82, 2.24) is 4.98 Å². The number of hydrogen-bond donors (Lipinski definition) is 1. The Morgan fingerprint density at radius 2 is 2.17 bits per heavy atom. The van der Waals surface area contributed by atoms with E-state index in [1.807, 2.05) is 0 Å². The highest BCUT2D eigenvalue weighted by Gasteiger charge is 2.24. The zero-order valence-electron chi connectivity index (χ0n) is 9.88. The fourth-order valence-corrected chi connectivity index (χ4v) is 4.05. The van der Waals surface area contributed by atoms with Crippen LogP contribution in [0.1, 0.15) is 22.5 Å². The summed E-state index contributed by atoms with van der Waals surface area (Å²) in [5.74, 6) is 0.00607. The molecule has 1 saturated heterocycles. The van der Waals surface area contributed by atoms with E-state index in [2.05, 4.69) is 15.0 Å². The van der Waals surface area contributed by atoms with Crippen LogP contribution in [0, 0.1) is 0 Å². The molecule has 100 valence electrons. The number of nitrogens with one attached hydrogen (secondary N) is 1. The summed E-state index contributed by atoms with van der Waals surface area (Å²) in [5, 5.41) is 3.78. The van der Waals surface area contributed by atoms with Crippen molar-refractivity contribution in [3.8, 4) is 0 Å². The second-order valence-corrected chi connectivity index (χ2v) is 7.43. The molecule has 0 aromatic carbocycles. The van der Waals surface area contributed by atoms with Crippen LogP contribution in [0.15, 0.2) is 6.20 Å². The smallest absolute Gasteiger partial charge is 0.349 e. The molecular weight excluding hydrogens is 276 g/mol. The van der Waals surface area contributed by atoms with Gasteiger partial charge in [0, 0.05) is 6.04 Å². The molecule has 1 fully saturated rings. The zero-order chi connectivity index (χ0) is 13.2. The lowest BCUT2D eigenvalue weighted by Gasteiger charge is -2.22.